The van der Waals surface area contributed by atoms with E-state index >= 15 is 0 Å². The number of carbonyl (C=O) groups is 1. The summed E-state index contributed by atoms with van der Waals surface area (Å²) in [4.78, 5) is 13.9. The molecule has 1 amide bonds. The van der Waals surface area contributed by atoms with Gasteiger partial charge >= 0.3 is 0 Å². The number of nitrogens with zero attached hydrogens (tertiary/aromatic N) is 1. The molecule has 0 radical (unpaired) electrons. The van der Waals surface area contributed by atoms with Gasteiger partial charge in [-0.2, -0.15) is 0 Å². The number of nitrogens with one attached hydrogen (secondary N) is 1. The lowest BCUT2D eigenvalue weighted by molar-refractivity contribution is -0.121. The van der Waals surface area contributed by atoms with Gasteiger partial charge in [0.2, 0.25) is 5.91 Å². The van der Waals surface area contributed by atoms with E-state index in [1.54, 1.807) is 12.1 Å². The van der Waals surface area contributed by atoms with Gasteiger partial charge in [-0.05, 0) is 30.0 Å². The minimum atomic E-state index is -0.222. The Kier molecular flexibility index (Phi) is 6.79. The molecule has 2 rings (SSSR count). The monoisotopic (exact) mass is 328 g/mol. The number of amides is 1. The molecular formula is C20H25FN2O. The van der Waals surface area contributed by atoms with Crippen LogP contribution in [0.1, 0.15) is 31.2 Å². The van der Waals surface area contributed by atoms with Gasteiger partial charge in [-0.15, -0.1) is 0 Å². The molecule has 1 unspecified atom stereocenters. The molecule has 1 N–H and O–H groups in total. The van der Waals surface area contributed by atoms with E-state index < -0.39 is 0 Å². The van der Waals surface area contributed by atoms with Crippen molar-refractivity contribution in [1.29, 1.82) is 0 Å². The molecule has 0 aromatic heterocycles. The van der Waals surface area contributed by atoms with Crippen molar-refractivity contribution in [2.24, 2.45) is 0 Å². The number of para-hydroxylation sites is 1. The van der Waals surface area contributed by atoms with E-state index in [2.05, 4.69) is 12.2 Å². The average molecular weight is 328 g/mol. The van der Waals surface area contributed by atoms with Crippen molar-refractivity contribution in [2.45, 2.75) is 25.7 Å². The van der Waals surface area contributed by atoms with E-state index in [-0.39, 0.29) is 17.6 Å². The molecule has 4 heteroatoms. The fourth-order valence-electron chi connectivity index (χ4n) is 2.68. The van der Waals surface area contributed by atoms with Crippen LogP contribution in [0.3, 0.4) is 0 Å². The van der Waals surface area contributed by atoms with Gasteiger partial charge in [0.05, 0.1) is 5.69 Å². The second-order valence-corrected chi connectivity index (χ2v) is 6.09. The summed E-state index contributed by atoms with van der Waals surface area (Å²) in [5, 5.41) is 2.95. The number of benzene rings is 2. The number of hydrogen-bond acceptors (Lipinski definition) is 2. The van der Waals surface area contributed by atoms with Crippen molar-refractivity contribution in [1.82, 2.24) is 5.32 Å². The van der Waals surface area contributed by atoms with E-state index in [0.717, 1.165) is 6.42 Å². The summed E-state index contributed by atoms with van der Waals surface area (Å²) in [6.07, 6.45) is 1.25. The van der Waals surface area contributed by atoms with Crippen LogP contribution in [-0.2, 0) is 4.79 Å². The Balaban J connectivity index is 1.68. The summed E-state index contributed by atoms with van der Waals surface area (Å²) in [6.45, 7) is 3.34. The Labute approximate surface area is 143 Å². The second kappa shape index (κ2) is 9.06. The van der Waals surface area contributed by atoms with Crippen molar-refractivity contribution in [3.05, 3.63) is 66.0 Å². The van der Waals surface area contributed by atoms with E-state index in [4.69, 9.17) is 0 Å². The summed E-state index contributed by atoms with van der Waals surface area (Å²) in [6, 6.07) is 16.8. The van der Waals surface area contributed by atoms with Crippen LogP contribution < -0.4 is 10.2 Å². The van der Waals surface area contributed by atoms with E-state index in [1.807, 2.05) is 48.3 Å². The van der Waals surface area contributed by atoms with Gasteiger partial charge in [-0.1, -0.05) is 49.4 Å². The summed E-state index contributed by atoms with van der Waals surface area (Å²) in [7, 11) is 1.86. The molecule has 0 aliphatic carbocycles. The van der Waals surface area contributed by atoms with Crippen LogP contribution in [0.15, 0.2) is 54.6 Å². The van der Waals surface area contributed by atoms with Crippen LogP contribution in [0.4, 0.5) is 10.1 Å². The average Bonchev–Trinajstić information content (AvgIpc) is 2.59. The van der Waals surface area contributed by atoms with Crippen LogP contribution >= 0.6 is 0 Å². The molecule has 0 heterocycles. The number of halogens is 1. The highest BCUT2D eigenvalue weighted by molar-refractivity contribution is 5.76. The van der Waals surface area contributed by atoms with Gasteiger partial charge in [0.25, 0.3) is 0 Å². The standard InChI is InChI=1S/C20H25FN2O/c1-16(17-9-4-3-5-10-17)15-20(24)22-13-8-14-23(2)19-12-7-6-11-18(19)21/h3-7,9-12,16H,8,13-15H2,1-2H3,(H,22,24). The molecule has 0 fully saturated rings. The SMILES string of the molecule is CC(CC(=O)NCCCN(C)c1ccccc1F)c1ccccc1. The van der Waals surface area contributed by atoms with Gasteiger partial charge in [-0.3, -0.25) is 4.79 Å². The zero-order valence-electron chi connectivity index (χ0n) is 14.3. The molecule has 0 aliphatic rings. The number of carbonyl (C=O) groups excluding carboxylic acids is 1. The molecule has 3 nitrogen and oxygen atoms in total. The molecular weight excluding hydrogens is 303 g/mol. The fourth-order valence-corrected chi connectivity index (χ4v) is 2.68. The van der Waals surface area contributed by atoms with Crippen LogP contribution in [0.5, 0.6) is 0 Å². The molecule has 0 bridgehead atoms. The maximum atomic E-state index is 13.7. The van der Waals surface area contributed by atoms with E-state index in [0.29, 0.717) is 25.2 Å². The lowest BCUT2D eigenvalue weighted by atomic mass is 9.97. The molecule has 0 saturated heterocycles. The highest BCUT2D eigenvalue weighted by atomic mass is 19.1. The summed E-state index contributed by atoms with van der Waals surface area (Å²) in [5.74, 6) is 0.0351. The molecule has 0 aliphatic heterocycles. The summed E-state index contributed by atoms with van der Waals surface area (Å²) < 4.78 is 13.7. The molecule has 2 aromatic rings. The van der Waals surface area contributed by atoms with Gasteiger partial charge < -0.3 is 10.2 Å². The van der Waals surface area contributed by atoms with E-state index in [9.17, 15) is 9.18 Å². The predicted octanol–water partition coefficient (Wildman–Crippen LogP) is 3.96. The smallest absolute Gasteiger partial charge is 0.220 e. The lowest BCUT2D eigenvalue weighted by Gasteiger charge is -2.20. The van der Waals surface area contributed by atoms with Crippen LogP contribution in [-0.4, -0.2) is 26.0 Å². The Morgan fingerprint density at radius 1 is 1.12 bits per heavy atom. The van der Waals surface area contributed by atoms with Gasteiger partial charge in [0, 0.05) is 26.6 Å². The first-order valence-corrected chi connectivity index (χ1v) is 8.35. The lowest BCUT2D eigenvalue weighted by Crippen LogP contribution is -2.29. The predicted molar refractivity (Wildman–Crippen MR) is 96.8 cm³/mol. The minimum absolute atomic E-state index is 0.0555. The van der Waals surface area contributed by atoms with Crippen molar-refractivity contribution < 1.29 is 9.18 Å². The highest BCUT2D eigenvalue weighted by Crippen LogP contribution is 2.18. The fraction of sp³-hybridized carbons (Fsp3) is 0.350. The van der Waals surface area contributed by atoms with Crippen LogP contribution in [0.25, 0.3) is 0 Å². The van der Waals surface area contributed by atoms with Gasteiger partial charge in [-0.25, -0.2) is 4.39 Å². The topological polar surface area (TPSA) is 32.3 Å². The maximum Gasteiger partial charge on any atom is 0.220 e. The quantitative estimate of drug-likeness (QED) is 0.744. The molecule has 0 spiro atoms. The number of anilines is 1. The minimum Gasteiger partial charge on any atom is -0.372 e. The molecule has 0 saturated carbocycles. The molecule has 128 valence electrons. The Morgan fingerprint density at radius 3 is 2.50 bits per heavy atom. The summed E-state index contributed by atoms with van der Waals surface area (Å²) in [5.41, 5.74) is 1.76. The number of hydrogen-bond donors (Lipinski definition) is 1. The zero-order valence-corrected chi connectivity index (χ0v) is 14.3. The first-order chi connectivity index (χ1) is 11.6. The molecule has 2 aromatic carbocycles. The highest BCUT2D eigenvalue weighted by Gasteiger charge is 2.11. The Morgan fingerprint density at radius 2 is 1.79 bits per heavy atom. The largest absolute Gasteiger partial charge is 0.372 e. The van der Waals surface area contributed by atoms with E-state index in [1.165, 1.54) is 11.6 Å². The first kappa shape index (κ1) is 18.0. The Bertz CT molecular complexity index is 645. The Hall–Kier alpha value is -2.36. The summed E-state index contributed by atoms with van der Waals surface area (Å²) >= 11 is 0. The molecule has 1 atom stereocenters. The zero-order chi connectivity index (χ0) is 17.4. The van der Waals surface area contributed by atoms with Crippen molar-refractivity contribution in [2.75, 3.05) is 25.0 Å². The van der Waals surface area contributed by atoms with Gasteiger partial charge in [0.15, 0.2) is 0 Å². The van der Waals surface area contributed by atoms with Crippen molar-refractivity contribution in [3.8, 4) is 0 Å². The maximum absolute atomic E-state index is 13.7. The van der Waals surface area contributed by atoms with Gasteiger partial charge in [0.1, 0.15) is 5.82 Å². The second-order valence-electron chi connectivity index (χ2n) is 6.09. The van der Waals surface area contributed by atoms with Crippen molar-refractivity contribution in [3.63, 3.8) is 0 Å². The van der Waals surface area contributed by atoms with Crippen molar-refractivity contribution >= 4 is 11.6 Å². The van der Waals surface area contributed by atoms with Crippen LogP contribution in [0, 0.1) is 5.82 Å². The third-order valence-corrected chi connectivity index (χ3v) is 4.12. The number of rotatable bonds is 8. The third-order valence-electron chi connectivity index (χ3n) is 4.12. The third kappa shape index (κ3) is 5.37. The normalized spacial score (nSPS) is 11.8. The van der Waals surface area contributed by atoms with Crippen LogP contribution in [0.2, 0.25) is 0 Å². The molecule has 24 heavy (non-hydrogen) atoms. The first-order valence-electron chi connectivity index (χ1n) is 8.35.